The smallest absolute Gasteiger partial charge is 0.114 e. The minimum absolute atomic E-state index is 0.512. The van der Waals surface area contributed by atoms with Crippen molar-refractivity contribution < 1.29 is 5.11 Å². The lowest BCUT2D eigenvalue weighted by Gasteiger charge is -2.07. The number of aliphatic hydroxyl groups is 1. The van der Waals surface area contributed by atoms with E-state index in [1.807, 2.05) is 0 Å². The first-order chi connectivity index (χ1) is 7.29. The van der Waals surface area contributed by atoms with Gasteiger partial charge in [-0.1, -0.05) is 0 Å². The summed E-state index contributed by atoms with van der Waals surface area (Å²) in [5.74, 6) is 0. The highest BCUT2D eigenvalue weighted by Crippen LogP contribution is 2.20. The number of aromatic nitrogens is 4. The van der Waals surface area contributed by atoms with Crippen LogP contribution in [-0.2, 0) is 0 Å². The molecule has 15 heavy (non-hydrogen) atoms. The van der Waals surface area contributed by atoms with Crippen molar-refractivity contribution in [2.75, 3.05) is 0 Å². The minimum atomic E-state index is -0.671. The van der Waals surface area contributed by atoms with Gasteiger partial charge in [-0.3, -0.25) is 19.9 Å². The Morgan fingerprint density at radius 1 is 1.07 bits per heavy atom. The Hall–Kier alpha value is -1.88. The standard InChI is InChI=1S/C10H10N4O/c1-7(15)9-10(14-5-4-13-9)8-6-11-2-3-12-8/h2-7,15H,1H3. The summed E-state index contributed by atoms with van der Waals surface area (Å²) in [5.41, 5.74) is 1.69. The molecule has 0 bridgehead atoms. The summed E-state index contributed by atoms with van der Waals surface area (Å²) in [6, 6.07) is 0. The van der Waals surface area contributed by atoms with E-state index in [1.165, 1.54) is 0 Å². The first kappa shape index (κ1) is 9.67. The molecule has 2 heterocycles. The van der Waals surface area contributed by atoms with Crippen molar-refractivity contribution in [1.29, 1.82) is 0 Å². The molecule has 0 amide bonds. The molecule has 2 aromatic heterocycles. The summed E-state index contributed by atoms with van der Waals surface area (Å²) in [6.07, 6.45) is 7.20. The fourth-order valence-corrected chi connectivity index (χ4v) is 1.27. The maximum atomic E-state index is 9.52. The molecule has 0 radical (unpaired) electrons. The van der Waals surface area contributed by atoms with Crippen molar-refractivity contribution in [3.8, 4) is 11.4 Å². The normalized spacial score (nSPS) is 12.4. The van der Waals surface area contributed by atoms with Gasteiger partial charge in [-0.25, -0.2) is 0 Å². The fraction of sp³-hybridized carbons (Fsp3) is 0.200. The molecule has 0 aliphatic carbocycles. The van der Waals surface area contributed by atoms with Gasteiger partial charge in [-0.05, 0) is 6.92 Å². The first-order valence-corrected chi connectivity index (χ1v) is 4.54. The Morgan fingerprint density at radius 3 is 2.47 bits per heavy atom. The predicted molar refractivity (Wildman–Crippen MR) is 53.7 cm³/mol. The number of hydrogen-bond acceptors (Lipinski definition) is 5. The van der Waals surface area contributed by atoms with E-state index in [9.17, 15) is 5.11 Å². The van der Waals surface area contributed by atoms with Crippen LogP contribution in [0.5, 0.6) is 0 Å². The molecule has 2 aromatic rings. The SMILES string of the molecule is CC(O)c1nccnc1-c1cnccn1. The van der Waals surface area contributed by atoms with Crippen molar-refractivity contribution in [2.24, 2.45) is 0 Å². The lowest BCUT2D eigenvalue weighted by Crippen LogP contribution is -2.01. The van der Waals surface area contributed by atoms with Gasteiger partial charge in [0.25, 0.3) is 0 Å². The van der Waals surface area contributed by atoms with E-state index >= 15 is 0 Å². The molecular formula is C10H10N4O. The summed E-state index contributed by atoms with van der Waals surface area (Å²) in [6.45, 7) is 1.64. The molecule has 0 fully saturated rings. The monoisotopic (exact) mass is 202 g/mol. The number of aliphatic hydroxyl groups excluding tert-OH is 1. The van der Waals surface area contributed by atoms with Crippen LogP contribution >= 0.6 is 0 Å². The lowest BCUT2D eigenvalue weighted by molar-refractivity contribution is 0.194. The quantitative estimate of drug-likeness (QED) is 0.786. The van der Waals surface area contributed by atoms with E-state index in [1.54, 1.807) is 37.9 Å². The van der Waals surface area contributed by atoms with Crippen LogP contribution in [0.2, 0.25) is 0 Å². The fourth-order valence-electron chi connectivity index (χ4n) is 1.27. The van der Waals surface area contributed by atoms with Crippen LogP contribution in [0.4, 0.5) is 0 Å². The Kier molecular flexibility index (Phi) is 2.64. The molecule has 0 saturated heterocycles. The third-order valence-electron chi connectivity index (χ3n) is 1.93. The van der Waals surface area contributed by atoms with Crippen molar-refractivity contribution in [3.05, 3.63) is 36.7 Å². The molecule has 1 atom stereocenters. The van der Waals surface area contributed by atoms with E-state index in [0.29, 0.717) is 17.1 Å². The predicted octanol–water partition coefficient (Wildman–Crippen LogP) is 0.987. The van der Waals surface area contributed by atoms with Crippen LogP contribution in [0.25, 0.3) is 11.4 Å². The highest BCUT2D eigenvalue weighted by Gasteiger charge is 2.12. The van der Waals surface area contributed by atoms with Crippen LogP contribution in [0, 0.1) is 0 Å². The third-order valence-corrected chi connectivity index (χ3v) is 1.93. The summed E-state index contributed by atoms with van der Waals surface area (Å²) >= 11 is 0. The van der Waals surface area contributed by atoms with Crippen LogP contribution in [0.1, 0.15) is 18.7 Å². The molecule has 0 aliphatic rings. The van der Waals surface area contributed by atoms with Crippen molar-refractivity contribution in [2.45, 2.75) is 13.0 Å². The van der Waals surface area contributed by atoms with E-state index in [4.69, 9.17) is 0 Å². The third kappa shape index (κ3) is 1.97. The molecule has 0 aliphatic heterocycles. The zero-order chi connectivity index (χ0) is 10.7. The Bertz CT molecular complexity index is 444. The van der Waals surface area contributed by atoms with Crippen LogP contribution in [0.3, 0.4) is 0 Å². The molecule has 0 saturated carbocycles. The molecule has 1 N–H and O–H groups in total. The molecule has 5 nitrogen and oxygen atoms in total. The topological polar surface area (TPSA) is 71.8 Å². The average molecular weight is 202 g/mol. The molecule has 0 spiro atoms. The molecule has 0 aromatic carbocycles. The molecule has 5 heteroatoms. The van der Waals surface area contributed by atoms with Gasteiger partial charge in [0.2, 0.25) is 0 Å². The van der Waals surface area contributed by atoms with Gasteiger partial charge >= 0.3 is 0 Å². The van der Waals surface area contributed by atoms with Gasteiger partial charge in [0.1, 0.15) is 11.4 Å². The van der Waals surface area contributed by atoms with Crippen LogP contribution in [-0.4, -0.2) is 25.0 Å². The van der Waals surface area contributed by atoms with E-state index in [0.717, 1.165) is 0 Å². The molecule has 1 unspecified atom stereocenters. The van der Waals surface area contributed by atoms with Crippen LogP contribution < -0.4 is 0 Å². The van der Waals surface area contributed by atoms with E-state index in [2.05, 4.69) is 19.9 Å². The highest BCUT2D eigenvalue weighted by atomic mass is 16.3. The van der Waals surface area contributed by atoms with Gasteiger partial charge in [-0.2, -0.15) is 0 Å². The maximum absolute atomic E-state index is 9.52. The first-order valence-electron chi connectivity index (χ1n) is 4.54. The second-order valence-electron chi connectivity index (χ2n) is 3.06. The van der Waals surface area contributed by atoms with Gasteiger partial charge in [0, 0.05) is 24.8 Å². The van der Waals surface area contributed by atoms with E-state index in [-0.39, 0.29) is 0 Å². The lowest BCUT2D eigenvalue weighted by atomic mass is 10.2. The highest BCUT2D eigenvalue weighted by molar-refractivity contribution is 5.55. The van der Waals surface area contributed by atoms with Gasteiger partial charge in [-0.15, -0.1) is 0 Å². The Labute approximate surface area is 86.9 Å². The van der Waals surface area contributed by atoms with Crippen LogP contribution in [0.15, 0.2) is 31.0 Å². The Morgan fingerprint density at radius 2 is 1.80 bits per heavy atom. The number of rotatable bonds is 2. The van der Waals surface area contributed by atoms with E-state index < -0.39 is 6.10 Å². The maximum Gasteiger partial charge on any atom is 0.114 e. The minimum Gasteiger partial charge on any atom is -0.387 e. The van der Waals surface area contributed by atoms with Crippen molar-refractivity contribution in [1.82, 2.24) is 19.9 Å². The molecule has 76 valence electrons. The van der Waals surface area contributed by atoms with Gasteiger partial charge in [0.05, 0.1) is 18.0 Å². The zero-order valence-corrected chi connectivity index (χ0v) is 8.20. The summed E-state index contributed by atoms with van der Waals surface area (Å²) < 4.78 is 0. The largest absolute Gasteiger partial charge is 0.387 e. The van der Waals surface area contributed by atoms with Gasteiger partial charge < -0.3 is 5.11 Å². The summed E-state index contributed by atoms with van der Waals surface area (Å²) in [7, 11) is 0. The second-order valence-corrected chi connectivity index (χ2v) is 3.06. The summed E-state index contributed by atoms with van der Waals surface area (Å²) in [4.78, 5) is 16.3. The van der Waals surface area contributed by atoms with Gasteiger partial charge in [0.15, 0.2) is 0 Å². The zero-order valence-electron chi connectivity index (χ0n) is 8.20. The van der Waals surface area contributed by atoms with Crippen molar-refractivity contribution >= 4 is 0 Å². The number of nitrogens with zero attached hydrogens (tertiary/aromatic N) is 4. The van der Waals surface area contributed by atoms with Crippen molar-refractivity contribution in [3.63, 3.8) is 0 Å². The number of hydrogen-bond donors (Lipinski definition) is 1. The average Bonchev–Trinajstić information content (AvgIpc) is 2.30. The molecular weight excluding hydrogens is 192 g/mol. The molecule has 2 rings (SSSR count). The second kappa shape index (κ2) is 4.10. The summed E-state index contributed by atoms with van der Waals surface area (Å²) in [5, 5.41) is 9.52. The Balaban J connectivity index is 2.53.